The van der Waals surface area contributed by atoms with Gasteiger partial charge in [-0.05, 0) is 17.8 Å². The number of rotatable bonds is 6. The van der Waals surface area contributed by atoms with Crippen molar-refractivity contribution in [2.24, 2.45) is 0 Å². The van der Waals surface area contributed by atoms with Crippen LogP contribution in [0.1, 0.15) is 5.56 Å². The summed E-state index contributed by atoms with van der Waals surface area (Å²) in [5.41, 5.74) is 2.81. The summed E-state index contributed by atoms with van der Waals surface area (Å²) in [7, 11) is 1.62. The lowest BCUT2D eigenvalue weighted by Gasteiger charge is -2.06. The van der Waals surface area contributed by atoms with Gasteiger partial charge in [-0.1, -0.05) is 30.3 Å². The lowest BCUT2D eigenvalue weighted by atomic mass is 10.2. The van der Waals surface area contributed by atoms with Crippen molar-refractivity contribution in [1.29, 1.82) is 0 Å². The molecule has 0 saturated carbocycles. The SMILES string of the molecule is COCn1cc(NC(=S)Nc2cnn(Cc3ccccc3)c2)cn1. The van der Waals surface area contributed by atoms with Gasteiger partial charge in [-0.3, -0.25) is 4.68 Å². The zero-order valence-electron chi connectivity index (χ0n) is 13.2. The highest BCUT2D eigenvalue weighted by atomic mass is 32.1. The van der Waals surface area contributed by atoms with Gasteiger partial charge in [0, 0.05) is 13.3 Å². The zero-order valence-corrected chi connectivity index (χ0v) is 14.0. The number of ether oxygens (including phenoxy) is 1. The van der Waals surface area contributed by atoms with Gasteiger partial charge in [0.15, 0.2) is 5.11 Å². The van der Waals surface area contributed by atoms with Crippen molar-refractivity contribution in [3.05, 3.63) is 60.7 Å². The Bertz CT molecular complexity index is 798. The van der Waals surface area contributed by atoms with Crippen LogP contribution in [0.3, 0.4) is 0 Å². The topological polar surface area (TPSA) is 68.9 Å². The molecule has 0 aliphatic carbocycles. The van der Waals surface area contributed by atoms with Gasteiger partial charge in [-0.25, -0.2) is 4.68 Å². The summed E-state index contributed by atoms with van der Waals surface area (Å²) in [6, 6.07) is 10.2. The molecule has 0 amide bonds. The smallest absolute Gasteiger partial charge is 0.175 e. The fourth-order valence-corrected chi connectivity index (χ4v) is 2.45. The van der Waals surface area contributed by atoms with Crippen molar-refractivity contribution >= 4 is 28.7 Å². The lowest BCUT2D eigenvalue weighted by molar-refractivity contribution is 0.120. The van der Waals surface area contributed by atoms with E-state index in [1.807, 2.05) is 35.3 Å². The predicted octanol–water partition coefficient (Wildman–Crippen LogP) is 2.54. The van der Waals surface area contributed by atoms with Crippen molar-refractivity contribution < 1.29 is 4.74 Å². The van der Waals surface area contributed by atoms with Gasteiger partial charge in [0.2, 0.25) is 0 Å². The van der Waals surface area contributed by atoms with Crippen LogP contribution in [0.25, 0.3) is 0 Å². The van der Waals surface area contributed by atoms with E-state index in [0.717, 1.165) is 11.4 Å². The van der Waals surface area contributed by atoms with E-state index in [-0.39, 0.29) is 0 Å². The quantitative estimate of drug-likeness (QED) is 0.671. The first kappa shape index (κ1) is 16.2. The second-order valence-electron chi connectivity index (χ2n) is 5.18. The Hall–Kier alpha value is -2.71. The second kappa shape index (κ2) is 7.71. The van der Waals surface area contributed by atoms with Crippen LogP contribution in [0.15, 0.2) is 55.1 Å². The maximum atomic E-state index is 5.30. The Balaban J connectivity index is 1.54. The van der Waals surface area contributed by atoms with Crippen LogP contribution < -0.4 is 10.6 Å². The minimum atomic E-state index is 0.397. The van der Waals surface area contributed by atoms with Crippen LogP contribution in [-0.2, 0) is 18.0 Å². The van der Waals surface area contributed by atoms with E-state index in [1.165, 1.54) is 5.56 Å². The number of methoxy groups -OCH3 is 1. The molecule has 8 heteroatoms. The maximum absolute atomic E-state index is 5.30. The summed E-state index contributed by atoms with van der Waals surface area (Å²) >= 11 is 5.30. The molecule has 124 valence electrons. The van der Waals surface area contributed by atoms with E-state index < -0.39 is 0 Å². The molecular weight excluding hydrogens is 324 g/mol. The van der Waals surface area contributed by atoms with Gasteiger partial charge >= 0.3 is 0 Å². The van der Waals surface area contributed by atoms with Crippen molar-refractivity contribution in [2.45, 2.75) is 13.3 Å². The number of nitrogens with zero attached hydrogens (tertiary/aromatic N) is 4. The number of hydrogen-bond acceptors (Lipinski definition) is 4. The Labute approximate surface area is 145 Å². The molecule has 1 aromatic carbocycles. The first-order valence-electron chi connectivity index (χ1n) is 7.39. The Morgan fingerprint density at radius 2 is 1.67 bits per heavy atom. The number of thiocarbonyl (C=S) groups is 1. The third-order valence-electron chi connectivity index (χ3n) is 3.23. The van der Waals surface area contributed by atoms with Crippen LogP contribution in [0.5, 0.6) is 0 Å². The fraction of sp³-hybridized carbons (Fsp3) is 0.188. The highest BCUT2D eigenvalue weighted by Crippen LogP contribution is 2.10. The maximum Gasteiger partial charge on any atom is 0.175 e. The zero-order chi connectivity index (χ0) is 16.8. The number of benzene rings is 1. The van der Waals surface area contributed by atoms with Gasteiger partial charge in [-0.2, -0.15) is 10.2 Å². The largest absolute Gasteiger partial charge is 0.362 e. The summed E-state index contributed by atoms with van der Waals surface area (Å²) in [6.45, 7) is 1.11. The molecule has 2 heterocycles. The highest BCUT2D eigenvalue weighted by molar-refractivity contribution is 7.80. The van der Waals surface area contributed by atoms with Gasteiger partial charge in [0.25, 0.3) is 0 Å². The number of nitrogens with one attached hydrogen (secondary N) is 2. The van der Waals surface area contributed by atoms with E-state index >= 15 is 0 Å². The van der Waals surface area contributed by atoms with Gasteiger partial charge in [0.05, 0.1) is 36.5 Å². The molecular formula is C16H18N6OS. The van der Waals surface area contributed by atoms with Crippen LogP contribution in [-0.4, -0.2) is 31.8 Å². The molecule has 3 rings (SSSR count). The molecule has 0 aliphatic rings. The van der Waals surface area contributed by atoms with Gasteiger partial charge in [-0.15, -0.1) is 0 Å². The number of anilines is 2. The summed E-state index contributed by atoms with van der Waals surface area (Å²) in [5.74, 6) is 0. The molecule has 0 bridgehead atoms. The molecule has 0 saturated heterocycles. The summed E-state index contributed by atoms with van der Waals surface area (Å²) in [6.07, 6.45) is 7.16. The third-order valence-corrected chi connectivity index (χ3v) is 3.44. The van der Waals surface area contributed by atoms with E-state index in [1.54, 1.807) is 24.2 Å². The van der Waals surface area contributed by atoms with Crippen molar-refractivity contribution in [1.82, 2.24) is 19.6 Å². The Morgan fingerprint density at radius 1 is 1.04 bits per heavy atom. The van der Waals surface area contributed by atoms with Crippen LogP contribution in [0, 0.1) is 0 Å². The molecule has 0 unspecified atom stereocenters. The average Bonchev–Trinajstić information content (AvgIpc) is 3.18. The summed E-state index contributed by atoms with van der Waals surface area (Å²) in [4.78, 5) is 0. The molecule has 0 fully saturated rings. The summed E-state index contributed by atoms with van der Waals surface area (Å²) in [5, 5.41) is 15.1. The minimum absolute atomic E-state index is 0.397. The van der Waals surface area contributed by atoms with Crippen molar-refractivity contribution in [3.63, 3.8) is 0 Å². The molecule has 0 radical (unpaired) electrons. The van der Waals surface area contributed by atoms with E-state index in [9.17, 15) is 0 Å². The molecule has 24 heavy (non-hydrogen) atoms. The van der Waals surface area contributed by atoms with Crippen molar-refractivity contribution in [2.75, 3.05) is 17.7 Å². The molecule has 0 atom stereocenters. The molecule has 3 aromatic rings. The van der Waals surface area contributed by atoms with Gasteiger partial charge in [0.1, 0.15) is 6.73 Å². The Kier molecular flexibility index (Phi) is 5.19. The first-order valence-corrected chi connectivity index (χ1v) is 7.79. The highest BCUT2D eigenvalue weighted by Gasteiger charge is 2.04. The lowest BCUT2D eigenvalue weighted by Crippen LogP contribution is -2.18. The van der Waals surface area contributed by atoms with Crippen LogP contribution in [0.2, 0.25) is 0 Å². The first-order chi connectivity index (χ1) is 11.7. The molecule has 2 N–H and O–H groups in total. The molecule has 7 nitrogen and oxygen atoms in total. The standard InChI is InChI=1S/C16H18N6OS/c1-23-12-22-11-15(8-18-22)20-16(24)19-14-7-17-21(10-14)9-13-5-3-2-4-6-13/h2-8,10-11H,9,12H2,1H3,(H2,19,20,24). The molecule has 2 aromatic heterocycles. The third kappa shape index (κ3) is 4.40. The van der Waals surface area contributed by atoms with E-state index in [0.29, 0.717) is 18.4 Å². The fourth-order valence-electron chi connectivity index (χ4n) is 2.21. The monoisotopic (exact) mass is 342 g/mol. The average molecular weight is 342 g/mol. The number of aromatic nitrogens is 4. The molecule has 0 aliphatic heterocycles. The predicted molar refractivity (Wildman–Crippen MR) is 96.9 cm³/mol. The normalized spacial score (nSPS) is 10.5. The minimum Gasteiger partial charge on any atom is -0.362 e. The number of hydrogen-bond donors (Lipinski definition) is 2. The van der Waals surface area contributed by atoms with Gasteiger partial charge < -0.3 is 15.4 Å². The Morgan fingerprint density at radius 3 is 2.33 bits per heavy atom. The van der Waals surface area contributed by atoms with Crippen LogP contribution >= 0.6 is 12.2 Å². The molecule has 0 spiro atoms. The van der Waals surface area contributed by atoms with Crippen LogP contribution in [0.4, 0.5) is 11.4 Å². The summed E-state index contributed by atoms with van der Waals surface area (Å²) < 4.78 is 8.53. The second-order valence-corrected chi connectivity index (χ2v) is 5.59. The van der Waals surface area contributed by atoms with Crippen molar-refractivity contribution in [3.8, 4) is 0 Å². The van der Waals surface area contributed by atoms with E-state index in [2.05, 4.69) is 33.0 Å². The van der Waals surface area contributed by atoms with E-state index in [4.69, 9.17) is 17.0 Å².